The maximum Gasteiger partial charge on any atom is 0.251 e. The second kappa shape index (κ2) is 9.72. The van der Waals surface area contributed by atoms with Gasteiger partial charge in [-0.3, -0.25) is 9.59 Å². The van der Waals surface area contributed by atoms with Crippen molar-refractivity contribution in [3.05, 3.63) is 87.6 Å². The lowest BCUT2D eigenvalue weighted by Gasteiger charge is -2.28. The number of hydrogen-bond acceptors (Lipinski definition) is 3. The first-order valence-electron chi connectivity index (χ1n) is 10.1. The Labute approximate surface area is 182 Å². The van der Waals surface area contributed by atoms with Crippen molar-refractivity contribution in [2.75, 3.05) is 12.4 Å². The van der Waals surface area contributed by atoms with E-state index in [0.717, 1.165) is 21.7 Å². The molecule has 2 amide bonds. The second-order valence-corrected chi connectivity index (χ2v) is 8.87. The molecule has 0 radical (unpaired) electrons. The van der Waals surface area contributed by atoms with E-state index >= 15 is 0 Å². The van der Waals surface area contributed by atoms with E-state index < -0.39 is 6.04 Å². The van der Waals surface area contributed by atoms with Gasteiger partial charge in [-0.05, 0) is 47.5 Å². The zero-order valence-electron chi connectivity index (χ0n) is 17.9. The Kier molecular flexibility index (Phi) is 7.06. The Morgan fingerprint density at radius 1 is 0.967 bits per heavy atom. The minimum atomic E-state index is -0.706. The molecule has 3 rings (SSSR count). The lowest BCUT2D eigenvalue weighted by Crippen LogP contribution is -2.39. The molecular formula is C25H28N2O2S. The standard InChI is InChI=1S/C25H28N2O2S/c1-17(2)19-11-13-21(14-12-19)26-25(29)24(20-9-7-18(3)8-10-20)27(4)23(28)16-22-6-5-15-30-22/h5-15,17,24H,16H2,1-4H3,(H,26,29)/t24-/m1/s1. The Bertz CT molecular complexity index is 977. The number of hydrogen-bond donors (Lipinski definition) is 1. The number of carbonyl (C=O) groups excluding carboxylic acids is 2. The van der Waals surface area contributed by atoms with Crippen LogP contribution in [0.2, 0.25) is 0 Å². The first-order chi connectivity index (χ1) is 14.3. The molecule has 0 aliphatic heterocycles. The number of aryl methyl sites for hydroxylation is 1. The fourth-order valence-electron chi connectivity index (χ4n) is 3.29. The first kappa shape index (κ1) is 21.8. The lowest BCUT2D eigenvalue weighted by atomic mass is 10.0. The average Bonchev–Trinajstić information content (AvgIpc) is 3.23. The summed E-state index contributed by atoms with van der Waals surface area (Å²) in [6.45, 7) is 6.27. The third-order valence-electron chi connectivity index (χ3n) is 5.17. The maximum absolute atomic E-state index is 13.3. The van der Waals surface area contributed by atoms with Gasteiger partial charge in [0.15, 0.2) is 0 Å². The van der Waals surface area contributed by atoms with E-state index in [1.807, 2.05) is 73.0 Å². The summed E-state index contributed by atoms with van der Waals surface area (Å²) in [7, 11) is 1.70. The quantitative estimate of drug-likeness (QED) is 0.544. The maximum atomic E-state index is 13.3. The highest BCUT2D eigenvalue weighted by Crippen LogP contribution is 2.25. The number of nitrogens with zero attached hydrogens (tertiary/aromatic N) is 1. The molecule has 0 fully saturated rings. The molecule has 2 aromatic carbocycles. The minimum Gasteiger partial charge on any atom is -0.329 e. The molecule has 5 heteroatoms. The minimum absolute atomic E-state index is 0.0895. The van der Waals surface area contributed by atoms with Crippen LogP contribution in [0.1, 0.15) is 47.4 Å². The number of benzene rings is 2. The predicted octanol–water partition coefficient (Wildman–Crippen LogP) is 5.56. The summed E-state index contributed by atoms with van der Waals surface area (Å²) in [6, 6.07) is 18.8. The summed E-state index contributed by atoms with van der Waals surface area (Å²) in [6.07, 6.45) is 0.285. The Balaban J connectivity index is 1.83. The number of likely N-dealkylation sites (N-methyl/N-ethyl adjacent to an activating group) is 1. The molecule has 0 saturated carbocycles. The zero-order valence-corrected chi connectivity index (χ0v) is 18.7. The van der Waals surface area contributed by atoms with Crippen molar-refractivity contribution in [3.63, 3.8) is 0 Å². The SMILES string of the molecule is Cc1ccc([C@H](C(=O)Nc2ccc(C(C)C)cc2)N(C)C(=O)Cc2cccs2)cc1. The Morgan fingerprint density at radius 3 is 2.17 bits per heavy atom. The van der Waals surface area contributed by atoms with E-state index in [2.05, 4.69) is 19.2 Å². The summed E-state index contributed by atoms with van der Waals surface area (Å²) in [4.78, 5) is 28.7. The van der Waals surface area contributed by atoms with Crippen LogP contribution in [0.5, 0.6) is 0 Å². The van der Waals surface area contributed by atoms with Gasteiger partial charge in [-0.1, -0.05) is 61.9 Å². The van der Waals surface area contributed by atoms with Gasteiger partial charge in [-0.25, -0.2) is 0 Å². The molecule has 1 N–H and O–H groups in total. The highest BCUT2D eigenvalue weighted by atomic mass is 32.1. The molecule has 0 unspecified atom stereocenters. The third kappa shape index (κ3) is 5.36. The number of rotatable bonds is 7. The van der Waals surface area contributed by atoms with E-state index in [1.165, 1.54) is 5.56 Å². The fourth-order valence-corrected chi connectivity index (χ4v) is 3.99. The van der Waals surface area contributed by atoms with Gasteiger partial charge in [0.2, 0.25) is 5.91 Å². The molecular weight excluding hydrogens is 392 g/mol. The van der Waals surface area contributed by atoms with Crippen LogP contribution in [0.15, 0.2) is 66.0 Å². The van der Waals surface area contributed by atoms with Gasteiger partial charge in [0.25, 0.3) is 5.91 Å². The van der Waals surface area contributed by atoms with Crippen molar-refractivity contribution in [2.45, 2.75) is 39.2 Å². The fraction of sp³-hybridized carbons (Fsp3) is 0.280. The van der Waals surface area contributed by atoms with Gasteiger partial charge < -0.3 is 10.2 Å². The molecule has 0 aliphatic rings. The van der Waals surface area contributed by atoms with Gasteiger partial charge >= 0.3 is 0 Å². The number of amides is 2. The van der Waals surface area contributed by atoms with Crippen LogP contribution in [0.3, 0.4) is 0 Å². The first-order valence-corrected chi connectivity index (χ1v) is 11.0. The molecule has 1 heterocycles. The summed E-state index contributed by atoms with van der Waals surface area (Å²) in [5, 5.41) is 4.94. The van der Waals surface area contributed by atoms with E-state index in [-0.39, 0.29) is 18.2 Å². The molecule has 30 heavy (non-hydrogen) atoms. The molecule has 156 valence electrons. The van der Waals surface area contributed by atoms with Crippen LogP contribution in [0.4, 0.5) is 5.69 Å². The smallest absolute Gasteiger partial charge is 0.251 e. The van der Waals surface area contributed by atoms with Crippen molar-refractivity contribution in [2.24, 2.45) is 0 Å². The molecule has 0 bridgehead atoms. The summed E-state index contributed by atoms with van der Waals surface area (Å²) >= 11 is 1.54. The molecule has 4 nitrogen and oxygen atoms in total. The molecule has 0 spiro atoms. The van der Waals surface area contributed by atoms with Crippen molar-refractivity contribution >= 4 is 28.8 Å². The van der Waals surface area contributed by atoms with Crippen LogP contribution in [-0.2, 0) is 16.0 Å². The molecule has 1 atom stereocenters. The molecule has 0 aliphatic carbocycles. The Morgan fingerprint density at radius 2 is 1.60 bits per heavy atom. The van der Waals surface area contributed by atoms with Crippen LogP contribution in [0, 0.1) is 6.92 Å². The van der Waals surface area contributed by atoms with E-state index in [9.17, 15) is 9.59 Å². The summed E-state index contributed by atoms with van der Waals surface area (Å²) < 4.78 is 0. The van der Waals surface area contributed by atoms with Gasteiger partial charge in [-0.2, -0.15) is 0 Å². The number of thiophene rings is 1. The summed E-state index contributed by atoms with van der Waals surface area (Å²) in [5.41, 5.74) is 3.83. The summed E-state index contributed by atoms with van der Waals surface area (Å²) in [5.74, 6) is 0.113. The Hall–Kier alpha value is -2.92. The van der Waals surface area contributed by atoms with E-state index in [1.54, 1.807) is 23.3 Å². The lowest BCUT2D eigenvalue weighted by molar-refractivity contribution is -0.136. The topological polar surface area (TPSA) is 49.4 Å². The number of carbonyl (C=O) groups is 2. The van der Waals surface area contributed by atoms with E-state index in [4.69, 9.17) is 0 Å². The van der Waals surface area contributed by atoms with Gasteiger partial charge in [0.1, 0.15) is 6.04 Å². The van der Waals surface area contributed by atoms with Crippen LogP contribution < -0.4 is 5.32 Å². The third-order valence-corrected chi connectivity index (χ3v) is 6.05. The number of nitrogens with one attached hydrogen (secondary N) is 1. The highest BCUT2D eigenvalue weighted by molar-refractivity contribution is 7.10. The van der Waals surface area contributed by atoms with Crippen LogP contribution in [-0.4, -0.2) is 23.8 Å². The van der Waals surface area contributed by atoms with Gasteiger partial charge in [-0.15, -0.1) is 11.3 Å². The molecule has 3 aromatic rings. The van der Waals surface area contributed by atoms with Crippen LogP contribution in [0.25, 0.3) is 0 Å². The number of anilines is 1. The average molecular weight is 421 g/mol. The van der Waals surface area contributed by atoms with Gasteiger partial charge in [0, 0.05) is 17.6 Å². The van der Waals surface area contributed by atoms with E-state index in [0.29, 0.717) is 5.92 Å². The normalized spacial score (nSPS) is 11.9. The zero-order chi connectivity index (χ0) is 21.7. The highest BCUT2D eigenvalue weighted by Gasteiger charge is 2.29. The van der Waals surface area contributed by atoms with Crippen molar-refractivity contribution in [1.29, 1.82) is 0 Å². The largest absolute Gasteiger partial charge is 0.329 e. The van der Waals surface area contributed by atoms with Crippen molar-refractivity contribution in [1.82, 2.24) is 4.90 Å². The van der Waals surface area contributed by atoms with Crippen LogP contribution >= 0.6 is 11.3 Å². The van der Waals surface area contributed by atoms with Crippen molar-refractivity contribution < 1.29 is 9.59 Å². The van der Waals surface area contributed by atoms with Crippen molar-refractivity contribution in [3.8, 4) is 0 Å². The molecule has 0 saturated heterocycles. The molecule has 1 aromatic heterocycles. The predicted molar refractivity (Wildman–Crippen MR) is 124 cm³/mol. The van der Waals surface area contributed by atoms with Gasteiger partial charge in [0.05, 0.1) is 6.42 Å². The monoisotopic (exact) mass is 420 g/mol. The second-order valence-electron chi connectivity index (χ2n) is 7.84.